The minimum absolute atomic E-state index is 0.00179. The summed E-state index contributed by atoms with van der Waals surface area (Å²) in [6, 6.07) is 23.8. The lowest BCUT2D eigenvalue weighted by atomic mass is 9.83. The van der Waals surface area contributed by atoms with Crippen LogP contribution in [0.2, 0.25) is 0 Å². The number of methoxy groups -OCH3 is 1. The minimum atomic E-state index is -0.545. The number of thiazole rings is 1. The summed E-state index contributed by atoms with van der Waals surface area (Å²) < 4.78 is 14.6. The van der Waals surface area contributed by atoms with Crippen molar-refractivity contribution in [3.8, 4) is 11.5 Å². The van der Waals surface area contributed by atoms with Crippen molar-refractivity contribution in [3.05, 3.63) is 162 Å². The predicted octanol–water partition coefficient (Wildman–Crippen LogP) is 6.33. The van der Waals surface area contributed by atoms with Crippen LogP contribution < -0.4 is 24.4 Å². The average Bonchev–Trinajstić information content (AvgIpc) is 3.40. The highest BCUT2D eigenvalue weighted by Crippen LogP contribution is 2.42. The second kappa shape index (κ2) is 12.8. The summed E-state index contributed by atoms with van der Waals surface area (Å²) in [5, 5.41) is 22.7. The van der Waals surface area contributed by atoms with Crippen molar-refractivity contribution in [3.63, 3.8) is 0 Å². The van der Waals surface area contributed by atoms with Crippen molar-refractivity contribution in [2.75, 3.05) is 7.11 Å². The van der Waals surface area contributed by atoms with Crippen molar-refractivity contribution in [2.45, 2.75) is 25.5 Å². The molecule has 0 spiro atoms. The molecule has 0 unspecified atom stereocenters. The molecule has 13 heteroatoms. The number of halogens is 1. The number of hydrogen-bond donors (Lipinski definition) is 0. The highest BCUT2D eigenvalue weighted by atomic mass is 127. The van der Waals surface area contributed by atoms with Gasteiger partial charge in [0.15, 0.2) is 16.3 Å². The van der Waals surface area contributed by atoms with Gasteiger partial charge in [0.25, 0.3) is 16.9 Å². The molecule has 4 aromatic carbocycles. The van der Waals surface area contributed by atoms with Crippen molar-refractivity contribution in [1.29, 1.82) is 0 Å². The minimum Gasteiger partial charge on any atom is -0.493 e. The SMILES string of the molecule is COc1cc(/C=c2/sc3n(c2=O)[C@H](c2cccc([N+](=O)[O-])c2)C2=C(N=3)c3ccccc3CC2)cc(I)c1OCc1ccc([N+](=O)[O-])cc1. The summed E-state index contributed by atoms with van der Waals surface area (Å²) in [5.74, 6) is 0.969. The van der Waals surface area contributed by atoms with Crippen LogP contribution in [0.3, 0.4) is 0 Å². The molecule has 1 aromatic heterocycles. The maximum Gasteiger partial charge on any atom is 0.271 e. The molecular formula is C35H25IN4O7S. The fraction of sp³-hybridized carbons (Fsp3) is 0.143. The largest absolute Gasteiger partial charge is 0.493 e. The smallest absolute Gasteiger partial charge is 0.271 e. The normalized spacial score (nSPS) is 15.2. The molecule has 240 valence electrons. The van der Waals surface area contributed by atoms with Gasteiger partial charge in [-0.05, 0) is 93.6 Å². The Balaban J connectivity index is 1.30. The predicted molar refractivity (Wildman–Crippen MR) is 189 cm³/mol. The summed E-state index contributed by atoms with van der Waals surface area (Å²) in [7, 11) is 1.53. The number of nitro benzene ring substituents is 2. The fourth-order valence-corrected chi connectivity index (χ4v) is 7.90. The molecule has 11 nitrogen and oxygen atoms in total. The molecule has 1 aliphatic heterocycles. The second-order valence-corrected chi connectivity index (χ2v) is 13.4. The zero-order chi connectivity index (χ0) is 33.5. The van der Waals surface area contributed by atoms with Crippen LogP contribution in [0, 0.1) is 23.8 Å². The molecule has 1 aliphatic carbocycles. The van der Waals surface area contributed by atoms with E-state index in [4.69, 9.17) is 14.5 Å². The number of aromatic nitrogens is 1. The van der Waals surface area contributed by atoms with Crippen LogP contribution in [0.25, 0.3) is 11.8 Å². The summed E-state index contributed by atoms with van der Waals surface area (Å²) in [6.07, 6.45) is 3.23. The maximum absolute atomic E-state index is 14.2. The first-order chi connectivity index (χ1) is 23.2. The van der Waals surface area contributed by atoms with Gasteiger partial charge in [0.2, 0.25) is 0 Å². The molecule has 0 N–H and O–H groups in total. The van der Waals surface area contributed by atoms with Gasteiger partial charge in [-0.2, -0.15) is 0 Å². The Morgan fingerprint density at radius 3 is 2.50 bits per heavy atom. The molecule has 48 heavy (non-hydrogen) atoms. The first-order valence-electron chi connectivity index (χ1n) is 14.8. The highest BCUT2D eigenvalue weighted by Gasteiger charge is 2.33. The molecule has 0 amide bonds. The van der Waals surface area contributed by atoms with Crippen LogP contribution in [0.4, 0.5) is 11.4 Å². The molecule has 5 aromatic rings. The van der Waals surface area contributed by atoms with E-state index in [9.17, 15) is 25.0 Å². The van der Waals surface area contributed by atoms with Crippen LogP contribution in [0.1, 0.15) is 40.3 Å². The zero-order valence-electron chi connectivity index (χ0n) is 25.3. The Hall–Kier alpha value is -5.15. The molecule has 0 saturated heterocycles. The Morgan fingerprint density at radius 2 is 1.75 bits per heavy atom. The number of hydrogen-bond acceptors (Lipinski definition) is 9. The lowest BCUT2D eigenvalue weighted by molar-refractivity contribution is -0.385. The van der Waals surface area contributed by atoms with Crippen LogP contribution in [-0.4, -0.2) is 21.5 Å². The topological polar surface area (TPSA) is 139 Å². The first-order valence-corrected chi connectivity index (χ1v) is 16.7. The van der Waals surface area contributed by atoms with Crippen molar-refractivity contribution >= 4 is 57.1 Å². The van der Waals surface area contributed by atoms with E-state index in [1.807, 2.05) is 30.3 Å². The van der Waals surface area contributed by atoms with Gasteiger partial charge in [-0.1, -0.05) is 47.7 Å². The molecule has 2 aliphatic rings. The van der Waals surface area contributed by atoms with Gasteiger partial charge in [-0.15, -0.1) is 0 Å². The monoisotopic (exact) mass is 772 g/mol. The lowest BCUT2D eigenvalue weighted by Crippen LogP contribution is -2.38. The van der Waals surface area contributed by atoms with Crippen molar-refractivity contribution < 1.29 is 19.3 Å². The molecule has 2 heterocycles. The van der Waals surface area contributed by atoms with Gasteiger partial charge in [0, 0.05) is 29.8 Å². The van der Waals surface area contributed by atoms with Crippen LogP contribution in [-0.2, 0) is 13.0 Å². The third-order valence-electron chi connectivity index (χ3n) is 8.35. The number of nitro groups is 2. The summed E-state index contributed by atoms with van der Waals surface area (Å²) in [5.41, 5.74) is 5.80. The van der Waals surface area contributed by atoms with E-state index in [0.717, 1.165) is 32.4 Å². The number of ether oxygens (including phenoxy) is 2. The quantitative estimate of drug-likeness (QED) is 0.102. The van der Waals surface area contributed by atoms with E-state index in [1.54, 1.807) is 41.0 Å². The van der Waals surface area contributed by atoms with Gasteiger partial charge in [0.1, 0.15) is 6.61 Å². The lowest BCUT2D eigenvalue weighted by Gasteiger charge is -2.30. The Bertz CT molecular complexity index is 2350. The number of non-ortho nitro benzene ring substituents is 2. The number of benzene rings is 4. The number of nitrogens with zero attached hydrogens (tertiary/aromatic N) is 4. The average molecular weight is 773 g/mol. The van der Waals surface area contributed by atoms with E-state index in [0.29, 0.717) is 38.4 Å². The number of allylic oxidation sites excluding steroid dienone is 1. The first kappa shape index (κ1) is 31.4. The number of rotatable bonds is 8. The Kier molecular flexibility index (Phi) is 8.39. The van der Waals surface area contributed by atoms with Crippen molar-refractivity contribution in [2.24, 2.45) is 4.99 Å². The van der Waals surface area contributed by atoms with Gasteiger partial charge in [-0.3, -0.25) is 29.6 Å². The molecule has 1 atom stereocenters. The number of aryl methyl sites for hydroxylation is 1. The molecule has 0 bridgehead atoms. The maximum atomic E-state index is 14.2. The molecule has 0 fully saturated rings. The van der Waals surface area contributed by atoms with E-state index in [-0.39, 0.29) is 23.5 Å². The fourth-order valence-electron chi connectivity index (χ4n) is 6.11. The van der Waals surface area contributed by atoms with Crippen LogP contribution >= 0.6 is 33.9 Å². The summed E-state index contributed by atoms with van der Waals surface area (Å²) in [4.78, 5) is 41.6. The van der Waals surface area contributed by atoms with Crippen LogP contribution in [0.5, 0.6) is 11.5 Å². The van der Waals surface area contributed by atoms with Crippen molar-refractivity contribution in [1.82, 2.24) is 4.57 Å². The molecule has 0 radical (unpaired) electrons. The second-order valence-electron chi connectivity index (χ2n) is 11.2. The van der Waals surface area contributed by atoms with E-state index in [2.05, 4.69) is 28.7 Å². The van der Waals surface area contributed by atoms with Gasteiger partial charge < -0.3 is 9.47 Å². The highest BCUT2D eigenvalue weighted by molar-refractivity contribution is 14.1. The Morgan fingerprint density at radius 1 is 0.979 bits per heavy atom. The van der Waals surface area contributed by atoms with Gasteiger partial charge in [0.05, 0.1) is 36.8 Å². The molecule has 7 rings (SSSR count). The summed E-state index contributed by atoms with van der Waals surface area (Å²) in [6.45, 7) is 0.174. The van der Waals surface area contributed by atoms with E-state index >= 15 is 0 Å². The van der Waals surface area contributed by atoms with Gasteiger partial charge >= 0.3 is 0 Å². The summed E-state index contributed by atoms with van der Waals surface area (Å²) >= 11 is 3.42. The van der Waals surface area contributed by atoms with E-state index in [1.165, 1.54) is 42.2 Å². The zero-order valence-corrected chi connectivity index (χ0v) is 28.3. The number of fused-ring (bicyclic) bond motifs is 3. The molecular weight excluding hydrogens is 747 g/mol. The van der Waals surface area contributed by atoms with Crippen LogP contribution in [0.15, 0.2) is 100 Å². The Labute approximate surface area is 290 Å². The standard InChI is InChI=1S/C35H25IN4O7S/c1-46-29-16-21(15-28(36)33(29)47-19-20-9-12-24(13-10-20)39(42)43)17-30-34(41)38-32(23-6-4-7-25(18-23)40(44)45)27-14-11-22-5-2-3-8-26(22)31(27)37-35(38)48-30/h2-10,12-13,15-18,32H,11,14,19H2,1H3/b30-17+/t32-/m1/s1. The van der Waals surface area contributed by atoms with Gasteiger partial charge in [-0.25, -0.2) is 4.99 Å². The third-order valence-corrected chi connectivity index (χ3v) is 10.1. The molecule has 0 saturated carbocycles. The van der Waals surface area contributed by atoms with E-state index < -0.39 is 15.9 Å². The third kappa shape index (κ3) is 5.79.